The van der Waals surface area contributed by atoms with E-state index in [0.717, 1.165) is 23.1 Å². The maximum atomic E-state index is 12.5. The van der Waals surface area contributed by atoms with Crippen molar-refractivity contribution in [3.8, 4) is 34.5 Å². The van der Waals surface area contributed by atoms with Crippen molar-refractivity contribution in [2.45, 2.75) is 13.0 Å². The zero-order valence-electron chi connectivity index (χ0n) is 19.0. The van der Waals surface area contributed by atoms with Crippen LogP contribution < -0.4 is 16.0 Å². The van der Waals surface area contributed by atoms with Crippen LogP contribution in [0.25, 0.3) is 22.6 Å². The molecule has 4 aromatic rings. The van der Waals surface area contributed by atoms with Crippen molar-refractivity contribution in [3.05, 3.63) is 94.5 Å². The molecule has 0 bridgehead atoms. The molecular formula is C27H24N6O2. The molecule has 1 aliphatic rings. The van der Waals surface area contributed by atoms with E-state index >= 15 is 0 Å². The van der Waals surface area contributed by atoms with E-state index in [4.69, 9.17) is 15.7 Å². The van der Waals surface area contributed by atoms with E-state index in [0.29, 0.717) is 54.4 Å². The summed E-state index contributed by atoms with van der Waals surface area (Å²) in [5, 5.41) is 13.7. The summed E-state index contributed by atoms with van der Waals surface area (Å²) < 4.78 is 7.20. The average molecular weight is 465 g/mol. The molecule has 0 spiro atoms. The van der Waals surface area contributed by atoms with Crippen LogP contribution in [0.15, 0.2) is 77.9 Å². The summed E-state index contributed by atoms with van der Waals surface area (Å²) in [5.74, 6) is 2.32. The largest absolute Gasteiger partial charge is 0.490 e. The maximum absolute atomic E-state index is 12.5. The van der Waals surface area contributed by atoms with Crippen molar-refractivity contribution in [3.63, 3.8) is 0 Å². The third kappa shape index (κ3) is 5.26. The van der Waals surface area contributed by atoms with Crippen molar-refractivity contribution < 1.29 is 4.74 Å². The van der Waals surface area contributed by atoms with Gasteiger partial charge in [0.1, 0.15) is 0 Å². The number of benzene rings is 2. The highest BCUT2D eigenvalue weighted by molar-refractivity contribution is 5.60. The van der Waals surface area contributed by atoms with Crippen LogP contribution in [0.3, 0.4) is 0 Å². The standard InChI is InChI=1S/C27H24N6O2/c28-12-18-3-1-5-20(9-18)25-7-8-26(34)33(32-25)16-19-4-2-6-21(10-19)27-30-14-24(15-31-27)35-17-23-11-22(23)13-29/h1-10,14-15,22-23H,11,13,16-17,29H2/t22-,23?/m1/s1. The Morgan fingerprint density at radius 3 is 2.60 bits per heavy atom. The smallest absolute Gasteiger partial charge is 0.267 e. The number of nitriles is 1. The highest BCUT2D eigenvalue weighted by Crippen LogP contribution is 2.37. The first-order valence-corrected chi connectivity index (χ1v) is 11.5. The summed E-state index contributed by atoms with van der Waals surface area (Å²) in [6.45, 7) is 1.64. The van der Waals surface area contributed by atoms with E-state index in [9.17, 15) is 4.79 Å². The van der Waals surface area contributed by atoms with E-state index in [-0.39, 0.29) is 5.56 Å². The Labute approximate surface area is 202 Å². The molecule has 35 heavy (non-hydrogen) atoms. The molecule has 1 fully saturated rings. The number of rotatable bonds is 8. The molecule has 174 valence electrons. The van der Waals surface area contributed by atoms with E-state index < -0.39 is 0 Å². The lowest BCUT2D eigenvalue weighted by molar-refractivity contribution is 0.290. The van der Waals surface area contributed by atoms with E-state index in [2.05, 4.69) is 21.1 Å². The molecular weight excluding hydrogens is 440 g/mol. The lowest BCUT2D eigenvalue weighted by atomic mass is 10.1. The fourth-order valence-electron chi connectivity index (χ4n) is 3.99. The van der Waals surface area contributed by atoms with Crippen LogP contribution in [0.2, 0.25) is 0 Å². The summed E-state index contributed by atoms with van der Waals surface area (Å²) in [4.78, 5) is 21.4. The van der Waals surface area contributed by atoms with Gasteiger partial charge in [-0.15, -0.1) is 0 Å². The van der Waals surface area contributed by atoms with Crippen molar-refractivity contribution >= 4 is 0 Å². The van der Waals surface area contributed by atoms with Gasteiger partial charge in [0.15, 0.2) is 11.6 Å². The second kappa shape index (κ2) is 9.87. The van der Waals surface area contributed by atoms with Gasteiger partial charge in [-0.05, 0) is 54.6 Å². The molecule has 5 rings (SSSR count). The van der Waals surface area contributed by atoms with Gasteiger partial charge < -0.3 is 10.5 Å². The number of nitrogens with two attached hydrogens (primary N) is 1. The number of aromatic nitrogens is 4. The Morgan fingerprint density at radius 2 is 1.83 bits per heavy atom. The molecule has 0 amide bonds. The fourth-order valence-corrected chi connectivity index (χ4v) is 3.99. The van der Waals surface area contributed by atoms with E-state index in [1.54, 1.807) is 36.7 Å². The Balaban J connectivity index is 1.31. The van der Waals surface area contributed by atoms with Gasteiger partial charge in [0, 0.05) is 17.2 Å². The van der Waals surface area contributed by atoms with Crippen LogP contribution in [0, 0.1) is 23.2 Å². The van der Waals surface area contributed by atoms with Crippen molar-refractivity contribution in [1.29, 1.82) is 5.26 Å². The molecule has 0 saturated heterocycles. The molecule has 1 unspecified atom stereocenters. The van der Waals surface area contributed by atoms with Crippen LogP contribution in [0.4, 0.5) is 0 Å². The second-order valence-corrected chi connectivity index (χ2v) is 8.65. The van der Waals surface area contributed by atoms with Gasteiger partial charge in [0.05, 0.1) is 42.9 Å². The highest BCUT2D eigenvalue weighted by atomic mass is 16.5. The highest BCUT2D eigenvalue weighted by Gasteiger charge is 2.36. The summed E-state index contributed by atoms with van der Waals surface area (Å²) in [6, 6.07) is 20.1. The SMILES string of the molecule is N#Cc1cccc(-c2ccc(=O)n(Cc3cccc(-c4ncc(OCC5C[C@@H]5CN)cn4)c3)n2)c1. The third-order valence-corrected chi connectivity index (χ3v) is 6.14. The summed E-state index contributed by atoms with van der Waals surface area (Å²) in [7, 11) is 0. The second-order valence-electron chi connectivity index (χ2n) is 8.65. The fraction of sp³-hybridized carbons (Fsp3) is 0.222. The quantitative estimate of drug-likeness (QED) is 0.425. The summed E-state index contributed by atoms with van der Waals surface area (Å²) in [6.07, 6.45) is 4.48. The molecule has 2 atom stereocenters. The van der Waals surface area contributed by atoms with E-state index in [1.165, 1.54) is 10.7 Å². The molecule has 2 aromatic heterocycles. The van der Waals surface area contributed by atoms with Crippen LogP contribution >= 0.6 is 0 Å². The molecule has 0 aliphatic heterocycles. The van der Waals surface area contributed by atoms with Crippen LogP contribution in [-0.2, 0) is 6.54 Å². The Kier molecular flexibility index (Phi) is 6.33. The Morgan fingerprint density at radius 1 is 1.03 bits per heavy atom. The number of ether oxygens (including phenoxy) is 1. The first-order valence-electron chi connectivity index (χ1n) is 11.5. The molecule has 2 aromatic carbocycles. The van der Waals surface area contributed by atoms with Crippen molar-refractivity contribution in [2.24, 2.45) is 17.6 Å². The molecule has 2 N–H and O–H groups in total. The van der Waals surface area contributed by atoms with Gasteiger partial charge in [0.25, 0.3) is 5.56 Å². The first-order chi connectivity index (χ1) is 17.1. The predicted molar refractivity (Wildman–Crippen MR) is 131 cm³/mol. The molecule has 0 radical (unpaired) electrons. The minimum Gasteiger partial charge on any atom is -0.490 e. The maximum Gasteiger partial charge on any atom is 0.267 e. The van der Waals surface area contributed by atoms with Gasteiger partial charge in [-0.3, -0.25) is 4.79 Å². The lowest BCUT2D eigenvalue weighted by Gasteiger charge is -2.09. The van der Waals surface area contributed by atoms with Gasteiger partial charge >= 0.3 is 0 Å². The molecule has 1 saturated carbocycles. The minimum absolute atomic E-state index is 0.208. The molecule has 8 nitrogen and oxygen atoms in total. The Hall–Kier alpha value is -4.35. The monoisotopic (exact) mass is 464 g/mol. The zero-order chi connectivity index (χ0) is 24.2. The normalized spacial score (nSPS) is 16.5. The average Bonchev–Trinajstić information content (AvgIpc) is 3.68. The van der Waals surface area contributed by atoms with E-state index in [1.807, 2.05) is 30.3 Å². The lowest BCUT2D eigenvalue weighted by Crippen LogP contribution is -2.22. The van der Waals surface area contributed by atoms with Gasteiger partial charge in [-0.25, -0.2) is 14.6 Å². The predicted octanol–water partition coefficient (Wildman–Crippen LogP) is 3.26. The van der Waals surface area contributed by atoms with Crippen molar-refractivity contribution in [2.75, 3.05) is 13.2 Å². The number of hydrogen-bond acceptors (Lipinski definition) is 7. The third-order valence-electron chi connectivity index (χ3n) is 6.14. The number of nitrogens with zero attached hydrogens (tertiary/aromatic N) is 5. The minimum atomic E-state index is -0.208. The van der Waals surface area contributed by atoms with Crippen LogP contribution in [0.1, 0.15) is 17.5 Å². The van der Waals surface area contributed by atoms with Gasteiger partial charge in [-0.2, -0.15) is 10.4 Å². The Bertz CT molecular complexity index is 1440. The molecule has 2 heterocycles. The summed E-state index contributed by atoms with van der Waals surface area (Å²) in [5.41, 5.74) is 9.15. The van der Waals surface area contributed by atoms with Gasteiger partial charge in [-0.1, -0.05) is 30.3 Å². The molecule has 1 aliphatic carbocycles. The molecule has 8 heteroatoms. The van der Waals surface area contributed by atoms with Crippen molar-refractivity contribution in [1.82, 2.24) is 19.7 Å². The zero-order valence-corrected chi connectivity index (χ0v) is 19.0. The summed E-state index contributed by atoms with van der Waals surface area (Å²) >= 11 is 0. The number of hydrogen-bond donors (Lipinski definition) is 1. The van der Waals surface area contributed by atoms with Gasteiger partial charge in [0.2, 0.25) is 0 Å². The van der Waals surface area contributed by atoms with Crippen LogP contribution in [0.5, 0.6) is 5.75 Å². The van der Waals surface area contributed by atoms with Crippen LogP contribution in [-0.4, -0.2) is 32.9 Å². The topological polar surface area (TPSA) is 120 Å². The first kappa shape index (κ1) is 22.4.